The van der Waals surface area contributed by atoms with Crippen molar-refractivity contribution in [3.63, 3.8) is 0 Å². The van der Waals surface area contributed by atoms with Gasteiger partial charge in [-0.05, 0) is 18.6 Å². The molecular formula is C10H15Cl2N3O2S. The molecule has 0 aromatic carbocycles. The molecule has 0 saturated heterocycles. The number of hydrogen-bond acceptors (Lipinski definition) is 3. The van der Waals surface area contributed by atoms with E-state index in [-0.39, 0.29) is 16.0 Å². The summed E-state index contributed by atoms with van der Waals surface area (Å²) in [6.07, 6.45) is 0. The highest BCUT2D eigenvalue weighted by atomic mass is 35.5. The third-order valence-corrected chi connectivity index (χ3v) is 4.54. The maximum atomic E-state index is 12.0. The second-order valence-corrected chi connectivity index (χ2v) is 6.03. The molecule has 0 bridgehead atoms. The summed E-state index contributed by atoms with van der Waals surface area (Å²) in [4.78, 5) is 3.81. The highest BCUT2D eigenvalue weighted by Crippen LogP contribution is 2.27. The van der Waals surface area contributed by atoms with Crippen LogP contribution < -0.4 is 4.72 Å². The zero-order valence-corrected chi connectivity index (χ0v) is 12.7. The van der Waals surface area contributed by atoms with Gasteiger partial charge in [-0.2, -0.15) is 12.7 Å². The van der Waals surface area contributed by atoms with Crippen molar-refractivity contribution < 1.29 is 8.42 Å². The summed E-state index contributed by atoms with van der Waals surface area (Å²) in [5.41, 5.74) is 0.878. The Morgan fingerprint density at radius 2 is 1.89 bits per heavy atom. The lowest BCUT2D eigenvalue weighted by molar-refractivity contribution is 0.449. The van der Waals surface area contributed by atoms with E-state index in [4.69, 9.17) is 23.2 Å². The van der Waals surface area contributed by atoms with E-state index in [1.165, 1.54) is 4.31 Å². The van der Waals surface area contributed by atoms with Crippen LogP contribution in [0.3, 0.4) is 0 Å². The standard InChI is InChI=1S/C10H15Cl2N3O2S/c1-4-15(5-2)18(16,17)14-9-7(3)6-8(11)13-10(9)12/h6,14H,4-5H2,1-3H3. The van der Waals surface area contributed by atoms with Crippen molar-refractivity contribution in [3.8, 4) is 0 Å². The molecule has 8 heteroatoms. The minimum atomic E-state index is -3.62. The average Bonchev–Trinajstić information content (AvgIpc) is 2.24. The van der Waals surface area contributed by atoms with Crippen molar-refractivity contribution in [1.29, 1.82) is 0 Å². The summed E-state index contributed by atoms with van der Waals surface area (Å²) in [7, 11) is -3.62. The molecule has 1 aromatic heterocycles. The van der Waals surface area contributed by atoms with E-state index < -0.39 is 10.2 Å². The summed E-state index contributed by atoms with van der Waals surface area (Å²) in [6, 6.07) is 1.55. The number of rotatable bonds is 5. The van der Waals surface area contributed by atoms with Crippen LogP contribution in [0.5, 0.6) is 0 Å². The maximum Gasteiger partial charge on any atom is 0.301 e. The third kappa shape index (κ3) is 3.47. The minimum absolute atomic E-state index is 0.0377. The molecule has 18 heavy (non-hydrogen) atoms. The van der Waals surface area contributed by atoms with E-state index in [9.17, 15) is 8.42 Å². The van der Waals surface area contributed by atoms with Crippen molar-refractivity contribution in [2.24, 2.45) is 0 Å². The first-order chi connectivity index (χ1) is 8.31. The number of anilines is 1. The number of nitrogens with one attached hydrogen (secondary N) is 1. The molecular weight excluding hydrogens is 297 g/mol. The van der Waals surface area contributed by atoms with Crippen LogP contribution in [0.25, 0.3) is 0 Å². The fourth-order valence-corrected chi connectivity index (χ4v) is 3.43. The molecule has 0 unspecified atom stereocenters. The Kier molecular flexibility index (Phi) is 5.21. The summed E-state index contributed by atoms with van der Waals surface area (Å²) in [5, 5.41) is 0.263. The highest BCUT2D eigenvalue weighted by Gasteiger charge is 2.21. The number of pyridine rings is 1. The van der Waals surface area contributed by atoms with Crippen LogP contribution in [0.15, 0.2) is 6.07 Å². The molecule has 0 saturated carbocycles. The zero-order chi connectivity index (χ0) is 13.9. The molecule has 0 fully saturated rings. The van der Waals surface area contributed by atoms with E-state index in [0.29, 0.717) is 18.7 Å². The van der Waals surface area contributed by atoms with Crippen LogP contribution in [0.1, 0.15) is 19.4 Å². The summed E-state index contributed by atoms with van der Waals surface area (Å²) >= 11 is 11.6. The van der Waals surface area contributed by atoms with Gasteiger partial charge in [0, 0.05) is 13.1 Å². The Hall–Kier alpha value is -0.560. The number of nitrogens with zero attached hydrogens (tertiary/aromatic N) is 2. The van der Waals surface area contributed by atoms with Crippen molar-refractivity contribution in [3.05, 3.63) is 21.9 Å². The van der Waals surface area contributed by atoms with E-state index in [2.05, 4.69) is 9.71 Å². The number of aryl methyl sites for hydroxylation is 1. The second kappa shape index (κ2) is 6.06. The zero-order valence-electron chi connectivity index (χ0n) is 10.4. The van der Waals surface area contributed by atoms with Gasteiger partial charge in [0.05, 0.1) is 5.69 Å². The van der Waals surface area contributed by atoms with Crippen LogP contribution in [-0.2, 0) is 10.2 Å². The molecule has 0 amide bonds. The minimum Gasteiger partial charge on any atom is -0.268 e. The molecule has 102 valence electrons. The first-order valence-electron chi connectivity index (χ1n) is 5.42. The Morgan fingerprint density at radius 1 is 1.33 bits per heavy atom. The predicted octanol–water partition coefficient (Wildman–Crippen LogP) is 2.70. The lowest BCUT2D eigenvalue weighted by atomic mass is 10.3. The third-order valence-electron chi connectivity index (χ3n) is 2.42. The number of halogens is 2. The first kappa shape index (κ1) is 15.5. The van der Waals surface area contributed by atoms with E-state index in [0.717, 1.165) is 0 Å². The number of hydrogen-bond donors (Lipinski definition) is 1. The second-order valence-electron chi connectivity index (χ2n) is 3.62. The normalized spacial score (nSPS) is 11.9. The lowest BCUT2D eigenvalue weighted by Crippen LogP contribution is -2.35. The molecule has 1 heterocycles. The van der Waals surface area contributed by atoms with Crippen molar-refractivity contribution in [2.75, 3.05) is 17.8 Å². The van der Waals surface area contributed by atoms with Crippen LogP contribution in [0.2, 0.25) is 10.3 Å². The van der Waals surface area contributed by atoms with E-state index in [1.807, 2.05) is 0 Å². The van der Waals surface area contributed by atoms with Gasteiger partial charge in [-0.15, -0.1) is 0 Å². The summed E-state index contributed by atoms with van der Waals surface area (Å²) < 4.78 is 27.8. The van der Waals surface area contributed by atoms with Crippen LogP contribution in [0, 0.1) is 6.92 Å². The van der Waals surface area contributed by atoms with Crippen LogP contribution >= 0.6 is 23.2 Å². The fourth-order valence-electron chi connectivity index (χ4n) is 1.48. The number of aromatic nitrogens is 1. The van der Waals surface area contributed by atoms with Gasteiger partial charge in [0.2, 0.25) is 0 Å². The van der Waals surface area contributed by atoms with Gasteiger partial charge in [-0.1, -0.05) is 37.0 Å². The van der Waals surface area contributed by atoms with Gasteiger partial charge in [0.1, 0.15) is 5.15 Å². The Bertz CT molecular complexity index is 507. The molecule has 1 aromatic rings. The molecule has 0 spiro atoms. The fraction of sp³-hybridized carbons (Fsp3) is 0.500. The van der Waals surface area contributed by atoms with Gasteiger partial charge in [-0.25, -0.2) is 4.98 Å². The van der Waals surface area contributed by atoms with Gasteiger partial charge < -0.3 is 0 Å². The topological polar surface area (TPSA) is 62.3 Å². The molecule has 0 aliphatic heterocycles. The van der Waals surface area contributed by atoms with Crippen LogP contribution in [-0.4, -0.2) is 30.8 Å². The quantitative estimate of drug-likeness (QED) is 0.850. The predicted molar refractivity (Wildman–Crippen MR) is 74.5 cm³/mol. The Balaban J connectivity index is 3.12. The largest absolute Gasteiger partial charge is 0.301 e. The van der Waals surface area contributed by atoms with Crippen molar-refractivity contribution in [1.82, 2.24) is 9.29 Å². The smallest absolute Gasteiger partial charge is 0.268 e. The van der Waals surface area contributed by atoms with E-state index in [1.54, 1.807) is 26.8 Å². The monoisotopic (exact) mass is 311 g/mol. The molecule has 1 rings (SSSR count). The molecule has 0 aliphatic rings. The molecule has 0 aliphatic carbocycles. The van der Waals surface area contributed by atoms with Crippen molar-refractivity contribution in [2.45, 2.75) is 20.8 Å². The van der Waals surface area contributed by atoms with Crippen LogP contribution in [0.4, 0.5) is 5.69 Å². The van der Waals surface area contributed by atoms with Gasteiger partial charge in [0.15, 0.2) is 5.15 Å². The SMILES string of the molecule is CCN(CC)S(=O)(=O)Nc1c(C)cc(Cl)nc1Cl. The molecule has 5 nitrogen and oxygen atoms in total. The van der Waals surface area contributed by atoms with Gasteiger partial charge in [0.25, 0.3) is 0 Å². The first-order valence-corrected chi connectivity index (χ1v) is 7.62. The van der Waals surface area contributed by atoms with E-state index >= 15 is 0 Å². The van der Waals surface area contributed by atoms with Gasteiger partial charge in [-0.3, -0.25) is 4.72 Å². The molecule has 0 radical (unpaired) electrons. The summed E-state index contributed by atoms with van der Waals surface area (Å²) in [5.74, 6) is 0. The lowest BCUT2D eigenvalue weighted by Gasteiger charge is -2.20. The Labute approximate surface area is 117 Å². The summed E-state index contributed by atoms with van der Waals surface area (Å²) in [6.45, 7) is 5.99. The molecule has 0 atom stereocenters. The van der Waals surface area contributed by atoms with Gasteiger partial charge >= 0.3 is 10.2 Å². The van der Waals surface area contributed by atoms with Crippen molar-refractivity contribution >= 4 is 39.1 Å². The maximum absolute atomic E-state index is 12.0. The Morgan fingerprint density at radius 3 is 2.33 bits per heavy atom. The highest BCUT2D eigenvalue weighted by molar-refractivity contribution is 7.90. The molecule has 1 N–H and O–H groups in total. The average molecular weight is 312 g/mol.